The number of carboxylic acid groups (broad SMARTS) is 2. The molecule has 0 aliphatic carbocycles. The lowest BCUT2D eigenvalue weighted by Crippen LogP contribution is -2.54. The van der Waals surface area contributed by atoms with Gasteiger partial charge in [-0.05, 0) is 65.4 Å². The molecule has 172 valence electrons. The fourth-order valence-corrected chi connectivity index (χ4v) is 5.15. The van der Waals surface area contributed by atoms with Gasteiger partial charge in [0, 0.05) is 5.56 Å². The molecule has 3 unspecified atom stereocenters. The summed E-state index contributed by atoms with van der Waals surface area (Å²) in [5.74, 6) is -4.77. The standard InChI is InChI=1S/C22H22F3NO5S/c1-12(2)9-21(20(30)31)10-16(19(28)29)17(14-7-8-32-11-14)26(21)18(27)13-3-5-15(6-4-13)22(23,24)25/h3-8,11-12,16-17H,9-10H2,1-2H3,(H,28,29)(H,30,31). The van der Waals surface area contributed by atoms with Gasteiger partial charge in [-0.1, -0.05) is 13.8 Å². The molecule has 1 aliphatic rings. The highest BCUT2D eigenvalue weighted by atomic mass is 32.1. The van der Waals surface area contributed by atoms with Gasteiger partial charge in [-0.3, -0.25) is 9.59 Å². The Morgan fingerprint density at radius 2 is 1.78 bits per heavy atom. The molecule has 2 aromatic rings. The van der Waals surface area contributed by atoms with Crippen molar-refractivity contribution in [3.8, 4) is 0 Å². The van der Waals surface area contributed by atoms with Crippen LogP contribution in [0.5, 0.6) is 0 Å². The number of carbonyl (C=O) groups is 3. The number of rotatable bonds is 6. The van der Waals surface area contributed by atoms with E-state index in [0.717, 1.165) is 29.2 Å². The van der Waals surface area contributed by atoms with Crippen molar-refractivity contribution in [2.75, 3.05) is 0 Å². The SMILES string of the molecule is CC(C)CC1(C(=O)O)CC(C(=O)O)C(c2ccsc2)N1C(=O)c1ccc(C(F)(F)F)cc1. The van der Waals surface area contributed by atoms with Gasteiger partial charge in [0.05, 0.1) is 17.5 Å². The van der Waals surface area contributed by atoms with Crippen LogP contribution in [0.1, 0.15) is 54.2 Å². The molecule has 0 bridgehead atoms. The lowest BCUT2D eigenvalue weighted by molar-refractivity contribution is -0.150. The number of benzene rings is 1. The van der Waals surface area contributed by atoms with E-state index in [9.17, 15) is 37.8 Å². The van der Waals surface area contributed by atoms with Gasteiger partial charge < -0.3 is 15.1 Å². The average Bonchev–Trinajstić information content (AvgIpc) is 3.33. The normalized spacial score (nSPS) is 23.5. The number of aliphatic carboxylic acids is 2. The highest BCUT2D eigenvalue weighted by Gasteiger charge is 2.60. The van der Waals surface area contributed by atoms with Crippen LogP contribution < -0.4 is 0 Å². The summed E-state index contributed by atoms with van der Waals surface area (Å²) in [6, 6.07) is 4.05. The Bertz CT molecular complexity index is 1000. The van der Waals surface area contributed by atoms with Crippen LogP contribution in [0.4, 0.5) is 13.2 Å². The van der Waals surface area contributed by atoms with Gasteiger partial charge in [0.25, 0.3) is 5.91 Å². The molecule has 1 aliphatic heterocycles. The summed E-state index contributed by atoms with van der Waals surface area (Å²) in [4.78, 5) is 39.3. The van der Waals surface area contributed by atoms with Crippen molar-refractivity contribution in [2.24, 2.45) is 11.8 Å². The maximum absolute atomic E-state index is 13.6. The molecule has 32 heavy (non-hydrogen) atoms. The van der Waals surface area contributed by atoms with Crippen LogP contribution in [0, 0.1) is 11.8 Å². The minimum atomic E-state index is -4.59. The maximum Gasteiger partial charge on any atom is 0.416 e. The van der Waals surface area contributed by atoms with Gasteiger partial charge in [0.2, 0.25) is 0 Å². The van der Waals surface area contributed by atoms with Crippen LogP contribution in [-0.4, -0.2) is 38.5 Å². The van der Waals surface area contributed by atoms with Crippen LogP contribution in [-0.2, 0) is 15.8 Å². The van der Waals surface area contributed by atoms with E-state index in [-0.39, 0.29) is 24.3 Å². The summed E-state index contributed by atoms with van der Waals surface area (Å²) in [6.07, 6.45) is -4.90. The third-order valence-electron chi connectivity index (χ3n) is 5.70. The summed E-state index contributed by atoms with van der Waals surface area (Å²) in [5, 5.41) is 23.4. The van der Waals surface area contributed by atoms with Crippen molar-refractivity contribution in [3.63, 3.8) is 0 Å². The number of nitrogens with zero attached hydrogens (tertiary/aromatic N) is 1. The number of amides is 1. The number of halogens is 3. The summed E-state index contributed by atoms with van der Waals surface area (Å²) in [5.41, 5.74) is -2.42. The molecule has 1 aromatic carbocycles. The minimum absolute atomic E-state index is 0.000868. The summed E-state index contributed by atoms with van der Waals surface area (Å²) in [6.45, 7) is 3.53. The lowest BCUT2D eigenvalue weighted by atomic mass is 9.83. The Kier molecular flexibility index (Phi) is 6.37. The molecule has 1 saturated heterocycles. The molecule has 3 rings (SSSR count). The number of hydrogen-bond donors (Lipinski definition) is 2. The highest BCUT2D eigenvalue weighted by Crippen LogP contribution is 2.51. The Morgan fingerprint density at radius 1 is 1.16 bits per heavy atom. The number of likely N-dealkylation sites (tertiary alicyclic amines) is 1. The Labute approximate surface area is 186 Å². The van der Waals surface area contributed by atoms with Crippen molar-refractivity contribution in [3.05, 3.63) is 57.8 Å². The van der Waals surface area contributed by atoms with Crippen LogP contribution in [0.2, 0.25) is 0 Å². The van der Waals surface area contributed by atoms with Crippen LogP contribution in [0.15, 0.2) is 41.1 Å². The van der Waals surface area contributed by atoms with Gasteiger partial charge in [-0.15, -0.1) is 0 Å². The van der Waals surface area contributed by atoms with Gasteiger partial charge in [0.15, 0.2) is 0 Å². The molecule has 6 nitrogen and oxygen atoms in total. The number of hydrogen-bond acceptors (Lipinski definition) is 4. The van der Waals surface area contributed by atoms with Gasteiger partial charge in [-0.25, -0.2) is 4.79 Å². The number of thiophene rings is 1. The second-order valence-corrected chi connectivity index (χ2v) is 9.12. The van der Waals surface area contributed by atoms with Gasteiger partial charge >= 0.3 is 18.1 Å². The van der Waals surface area contributed by atoms with Crippen LogP contribution >= 0.6 is 11.3 Å². The first-order chi connectivity index (χ1) is 14.9. The van der Waals surface area contributed by atoms with E-state index in [1.54, 1.807) is 30.7 Å². The smallest absolute Gasteiger partial charge is 0.416 e. The quantitative estimate of drug-likeness (QED) is 0.626. The Hall–Kier alpha value is -2.88. The average molecular weight is 469 g/mol. The Morgan fingerprint density at radius 3 is 2.22 bits per heavy atom. The molecular weight excluding hydrogens is 447 g/mol. The molecule has 3 atom stereocenters. The second kappa shape index (κ2) is 8.57. The number of carbonyl (C=O) groups excluding carboxylic acids is 1. The fourth-order valence-electron chi connectivity index (χ4n) is 4.46. The summed E-state index contributed by atoms with van der Waals surface area (Å²) < 4.78 is 38.8. The molecule has 1 aromatic heterocycles. The molecular formula is C22H22F3NO5S. The van der Waals surface area contributed by atoms with E-state index < -0.39 is 47.1 Å². The molecule has 2 N–H and O–H groups in total. The van der Waals surface area contributed by atoms with E-state index in [0.29, 0.717) is 5.56 Å². The minimum Gasteiger partial charge on any atom is -0.481 e. The molecule has 1 fully saturated rings. The maximum atomic E-state index is 13.6. The van der Waals surface area contributed by atoms with E-state index in [2.05, 4.69) is 0 Å². The second-order valence-electron chi connectivity index (χ2n) is 8.34. The van der Waals surface area contributed by atoms with Crippen molar-refractivity contribution in [1.82, 2.24) is 4.90 Å². The van der Waals surface area contributed by atoms with E-state index in [4.69, 9.17) is 0 Å². The lowest BCUT2D eigenvalue weighted by Gasteiger charge is -2.39. The van der Waals surface area contributed by atoms with E-state index >= 15 is 0 Å². The van der Waals surface area contributed by atoms with E-state index in [1.165, 1.54) is 11.3 Å². The molecule has 10 heteroatoms. The fraction of sp³-hybridized carbons (Fsp3) is 0.409. The number of carboxylic acids is 2. The van der Waals surface area contributed by atoms with Gasteiger partial charge in [0.1, 0.15) is 5.54 Å². The van der Waals surface area contributed by atoms with Crippen molar-refractivity contribution >= 4 is 29.2 Å². The summed E-state index contributed by atoms with van der Waals surface area (Å²) in [7, 11) is 0. The first-order valence-electron chi connectivity index (χ1n) is 9.87. The van der Waals surface area contributed by atoms with Gasteiger partial charge in [-0.2, -0.15) is 24.5 Å². The van der Waals surface area contributed by atoms with Crippen LogP contribution in [0.25, 0.3) is 0 Å². The van der Waals surface area contributed by atoms with Crippen molar-refractivity contribution < 1.29 is 37.8 Å². The van der Waals surface area contributed by atoms with Crippen molar-refractivity contribution in [2.45, 2.75) is 44.4 Å². The predicted molar refractivity (Wildman–Crippen MR) is 110 cm³/mol. The third kappa shape index (κ3) is 4.23. The first-order valence-corrected chi connectivity index (χ1v) is 10.8. The van der Waals surface area contributed by atoms with E-state index in [1.807, 2.05) is 0 Å². The predicted octanol–water partition coefficient (Wildman–Crippen LogP) is 4.92. The van der Waals surface area contributed by atoms with Crippen molar-refractivity contribution in [1.29, 1.82) is 0 Å². The van der Waals surface area contributed by atoms with Crippen LogP contribution in [0.3, 0.4) is 0 Å². The first kappa shape index (κ1) is 23.8. The third-order valence-corrected chi connectivity index (χ3v) is 6.40. The zero-order valence-corrected chi connectivity index (χ0v) is 18.1. The zero-order valence-electron chi connectivity index (χ0n) is 17.3. The topological polar surface area (TPSA) is 94.9 Å². The summed E-state index contributed by atoms with van der Waals surface area (Å²) >= 11 is 1.27. The zero-order chi connectivity index (χ0) is 23.8. The number of alkyl halides is 3. The molecule has 0 saturated carbocycles. The Balaban J connectivity index is 2.17. The highest BCUT2D eigenvalue weighted by molar-refractivity contribution is 7.08. The molecule has 2 heterocycles. The molecule has 0 spiro atoms. The monoisotopic (exact) mass is 469 g/mol. The largest absolute Gasteiger partial charge is 0.481 e. The molecule has 1 amide bonds. The molecule has 0 radical (unpaired) electrons.